The third-order valence-electron chi connectivity index (χ3n) is 0.550. The van der Waals surface area contributed by atoms with Gasteiger partial charge in [0, 0.05) is 12.3 Å². The van der Waals surface area contributed by atoms with Crippen LogP contribution in [0.25, 0.3) is 0 Å². The Morgan fingerprint density at radius 2 is 1.90 bits per heavy atom. The second-order valence-corrected chi connectivity index (χ2v) is 1.97. The second-order valence-electron chi connectivity index (χ2n) is 1.01. The summed E-state index contributed by atoms with van der Waals surface area (Å²) in [6.45, 7) is 9.02. The van der Waals surface area contributed by atoms with Gasteiger partial charge < -0.3 is 5.43 Å². The van der Waals surface area contributed by atoms with Gasteiger partial charge in [-0.1, -0.05) is 27.7 Å². The third kappa shape index (κ3) is 10.7. The highest BCUT2D eigenvalue weighted by atomic mass is 32.2. The normalized spacial score (nSPS) is 13.2. The molecule has 0 aromatic heterocycles. The maximum atomic E-state index is 3.77. The fraction of sp³-hybridized carbons (Fsp3) is 0.857. The van der Waals surface area contributed by atoms with Crippen LogP contribution in [0.15, 0.2) is 5.10 Å². The molecule has 1 aliphatic heterocycles. The first-order valence-electron chi connectivity index (χ1n) is 3.86. The maximum Gasteiger partial charge on any atom is 0.0797 e. The van der Waals surface area contributed by atoms with Crippen LogP contribution in [0.4, 0.5) is 0 Å². The highest BCUT2D eigenvalue weighted by Crippen LogP contribution is 1.94. The van der Waals surface area contributed by atoms with E-state index >= 15 is 0 Å². The molecule has 0 radical (unpaired) electrons. The van der Waals surface area contributed by atoms with Crippen molar-refractivity contribution in [3.05, 3.63) is 0 Å². The lowest BCUT2D eigenvalue weighted by atomic mass is 10.8. The van der Waals surface area contributed by atoms with Gasteiger partial charge in [0.15, 0.2) is 0 Å². The van der Waals surface area contributed by atoms with E-state index in [-0.39, 0.29) is 0 Å². The fourth-order valence-corrected chi connectivity index (χ4v) is 0.760. The summed E-state index contributed by atoms with van der Waals surface area (Å²) in [6, 6.07) is 0. The van der Waals surface area contributed by atoms with Gasteiger partial charge in [-0.05, 0) is 0 Å². The molecule has 1 N–H and O–H groups in total. The molecule has 2 nitrogen and oxygen atoms in total. The maximum absolute atomic E-state index is 3.77. The highest BCUT2D eigenvalue weighted by Gasteiger charge is 1.86. The summed E-state index contributed by atoms with van der Waals surface area (Å²) in [7, 11) is 0. The first kappa shape index (κ1) is 12.5. The van der Waals surface area contributed by atoms with Crippen molar-refractivity contribution in [2.75, 3.05) is 12.3 Å². The van der Waals surface area contributed by atoms with Crippen molar-refractivity contribution in [1.82, 2.24) is 5.43 Å². The van der Waals surface area contributed by atoms with Crippen molar-refractivity contribution in [1.29, 1.82) is 0 Å². The molecule has 0 amide bonds. The van der Waals surface area contributed by atoms with Crippen molar-refractivity contribution < 1.29 is 0 Å². The predicted molar refractivity (Wildman–Crippen MR) is 51.6 cm³/mol. The fourth-order valence-electron chi connectivity index (χ4n) is 0.296. The van der Waals surface area contributed by atoms with Gasteiger partial charge in [-0.25, -0.2) is 0 Å². The van der Waals surface area contributed by atoms with Crippen molar-refractivity contribution >= 4 is 17.3 Å². The number of hydrazone groups is 1. The van der Waals surface area contributed by atoms with Gasteiger partial charge in [-0.15, -0.1) is 11.8 Å². The van der Waals surface area contributed by atoms with E-state index in [1.165, 1.54) is 0 Å². The summed E-state index contributed by atoms with van der Waals surface area (Å²) >= 11 is 1.74. The molecule has 10 heavy (non-hydrogen) atoms. The van der Waals surface area contributed by atoms with Crippen LogP contribution in [0.1, 0.15) is 27.7 Å². The number of nitrogens with one attached hydrogen (secondary N) is 1. The van der Waals surface area contributed by atoms with Crippen molar-refractivity contribution in [3.63, 3.8) is 0 Å². The molecule has 0 aromatic rings. The minimum Gasteiger partial charge on any atom is -0.309 e. The summed E-state index contributed by atoms with van der Waals surface area (Å²) in [4.78, 5) is 0. The lowest BCUT2D eigenvalue weighted by Gasteiger charge is -2.00. The molecular weight excluding hydrogens is 144 g/mol. The molecule has 0 saturated heterocycles. The van der Waals surface area contributed by atoms with Crippen molar-refractivity contribution in [2.45, 2.75) is 27.7 Å². The summed E-state index contributed by atoms with van der Waals surface area (Å²) in [5, 5.41) is 3.77. The van der Waals surface area contributed by atoms with Crippen LogP contribution in [0, 0.1) is 0 Å². The molecule has 0 fully saturated rings. The van der Waals surface area contributed by atoms with Gasteiger partial charge >= 0.3 is 0 Å². The number of hydrogen-bond donors (Lipinski definition) is 1. The van der Waals surface area contributed by atoms with E-state index in [0.717, 1.165) is 12.3 Å². The van der Waals surface area contributed by atoms with Gasteiger partial charge in [0.1, 0.15) is 0 Å². The average molecular weight is 162 g/mol. The van der Waals surface area contributed by atoms with E-state index in [0.29, 0.717) is 0 Å². The van der Waals surface area contributed by atoms with Gasteiger partial charge in [-0.3, -0.25) is 0 Å². The number of hydrogen-bond acceptors (Lipinski definition) is 3. The molecule has 1 rings (SSSR count). The molecule has 0 unspecified atom stereocenters. The first-order chi connectivity index (χ1) is 5.00. The zero-order valence-electron chi connectivity index (χ0n) is 7.35. The van der Waals surface area contributed by atoms with E-state index in [4.69, 9.17) is 0 Å². The predicted octanol–water partition coefficient (Wildman–Crippen LogP) is 2.32. The molecule has 0 atom stereocenters. The standard InChI is InChI=1S/C3H6N2S.2C2H6/c1-2-6-3-5-4-1;2*1-2/h3-4H,1-2H2;2*1-2H3. The minimum atomic E-state index is 1.02. The molecule has 62 valence electrons. The summed E-state index contributed by atoms with van der Waals surface area (Å²) < 4.78 is 0. The Morgan fingerprint density at radius 3 is 2.00 bits per heavy atom. The lowest BCUT2D eigenvalue weighted by molar-refractivity contribution is 0.791. The van der Waals surface area contributed by atoms with Gasteiger partial charge in [-0.2, -0.15) is 5.10 Å². The first-order valence-corrected chi connectivity index (χ1v) is 4.91. The Hall–Kier alpha value is -0.180. The van der Waals surface area contributed by atoms with E-state index in [2.05, 4.69) is 10.5 Å². The molecule has 0 saturated carbocycles. The van der Waals surface area contributed by atoms with Crippen LogP contribution in [0.2, 0.25) is 0 Å². The molecule has 0 aliphatic carbocycles. The molecule has 0 aromatic carbocycles. The van der Waals surface area contributed by atoms with E-state index < -0.39 is 0 Å². The second kappa shape index (κ2) is 15.9. The zero-order chi connectivity index (χ0) is 8.24. The van der Waals surface area contributed by atoms with Crippen LogP contribution in [0.3, 0.4) is 0 Å². The van der Waals surface area contributed by atoms with Crippen molar-refractivity contribution in [2.24, 2.45) is 5.10 Å². The van der Waals surface area contributed by atoms with Crippen LogP contribution in [-0.2, 0) is 0 Å². The van der Waals surface area contributed by atoms with Crippen molar-refractivity contribution in [3.8, 4) is 0 Å². The zero-order valence-corrected chi connectivity index (χ0v) is 8.16. The molecule has 1 aliphatic rings. The van der Waals surface area contributed by atoms with Gasteiger partial charge in [0.25, 0.3) is 0 Å². The van der Waals surface area contributed by atoms with Crippen LogP contribution in [0.5, 0.6) is 0 Å². The van der Waals surface area contributed by atoms with Gasteiger partial charge in [0.05, 0.1) is 5.55 Å². The topological polar surface area (TPSA) is 24.4 Å². The lowest BCUT2D eigenvalue weighted by Crippen LogP contribution is -2.13. The summed E-state index contributed by atoms with van der Waals surface area (Å²) in [5.41, 5.74) is 4.66. The third-order valence-corrected chi connectivity index (χ3v) is 1.24. The monoisotopic (exact) mass is 162 g/mol. The number of rotatable bonds is 0. The largest absolute Gasteiger partial charge is 0.309 e. The van der Waals surface area contributed by atoms with E-state index in [1.807, 2.05) is 33.2 Å². The van der Waals surface area contributed by atoms with E-state index in [9.17, 15) is 0 Å². The van der Waals surface area contributed by atoms with E-state index in [1.54, 1.807) is 11.8 Å². The van der Waals surface area contributed by atoms with Crippen LogP contribution in [-0.4, -0.2) is 17.8 Å². The quantitative estimate of drug-likeness (QED) is 0.591. The SMILES string of the molecule is C1=NNCCS1.CC.CC. The smallest absolute Gasteiger partial charge is 0.0797 e. The van der Waals surface area contributed by atoms with Crippen LogP contribution < -0.4 is 5.43 Å². The average Bonchev–Trinajstić information content (AvgIpc) is 2.14. The Kier molecular flexibility index (Phi) is 19.9. The Bertz CT molecular complexity index is 56.6. The summed E-state index contributed by atoms with van der Waals surface area (Å²) in [5.74, 6) is 1.16. The number of nitrogens with zero attached hydrogens (tertiary/aromatic N) is 1. The Morgan fingerprint density at radius 1 is 1.30 bits per heavy atom. The molecule has 3 heteroatoms. The Balaban J connectivity index is 0. The number of thioether (sulfide) groups is 1. The Labute approximate surface area is 68.5 Å². The van der Waals surface area contributed by atoms with Gasteiger partial charge in [0.2, 0.25) is 0 Å². The highest BCUT2D eigenvalue weighted by molar-refractivity contribution is 8.12. The molecule has 0 spiro atoms. The molecule has 0 bridgehead atoms. The molecule has 1 heterocycles. The van der Waals surface area contributed by atoms with Crippen LogP contribution >= 0.6 is 11.8 Å². The minimum absolute atomic E-state index is 1.02. The molecular formula is C7H18N2S. The summed E-state index contributed by atoms with van der Waals surface area (Å²) in [6.07, 6.45) is 0.